The molecule has 0 saturated heterocycles. The van der Waals surface area contributed by atoms with Crippen LogP contribution in [0.1, 0.15) is 57.0 Å². The first-order chi connectivity index (χ1) is 17.7. The van der Waals surface area contributed by atoms with Gasteiger partial charge in [0.2, 0.25) is 0 Å². The second-order valence-corrected chi connectivity index (χ2v) is 10.8. The largest absolute Gasteiger partial charge is 0.507 e. The molecule has 0 unspecified atom stereocenters. The molecule has 0 aliphatic carbocycles. The fourth-order valence-corrected chi connectivity index (χ4v) is 6.27. The molecular weight excluding hydrogens is 478 g/mol. The van der Waals surface area contributed by atoms with Gasteiger partial charge in [-0.15, -0.1) is 0 Å². The van der Waals surface area contributed by atoms with Gasteiger partial charge >= 0.3 is 0 Å². The Morgan fingerprint density at radius 3 is 1.78 bits per heavy atom. The van der Waals surface area contributed by atoms with E-state index in [2.05, 4.69) is 60.4 Å². The van der Waals surface area contributed by atoms with Crippen LogP contribution in [0, 0.1) is 27.7 Å². The molecule has 0 spiro atoms. The molecule has 0 amide bonds. The smallest absolute Gasteiger partial charge is 0.121 e. The van der Waals surface area contributed by atoms with Gasteiger partial charge in [-0.2, -0.15) is 0 Å². The molecule has 190 valence electrons. The summed E-state index contributed by atoms with van der Waals surface area (Å²) in [7, 11) is 0. The van der Waals surface area contributed by atoms with Crippen molar-refractivity contribution in [3.63, 3.8) is 0 Å². The quantitative estimate of drug-likeness (QED) is 0.286. The predicted octanol–water partition coefficient (Wildman–Crippen LogP) is 7.90. The summed E-state index contributed by atoms with van der Waals surface area (Å²) in [5, 5.41) is 22.1. The Kier molecular flexibility index (Phi) is 6.45. The van der Waals surface area contributed by atoms with Crippen molar-refractivity contribution in [1.29, 1.82) is 0 Å². The molecule has 0 saturated carbocycles. The van der Waals surface area contributed by atoms with Crippen LogP contribution < -0.4 is 4.90 Å². The third kappa shape index (κ3) is 4.06. The lowest BCUT2D eigenvalue weighted by Gasteiger charge is -2.34. The van der Waals surface area contributed by atoms with E-state index in [9.17, 15) is 10.2 Å². The van der Waals surface area contributed by atoms with Gasteiger partial charge < -0.3 is 15.1 Å². The SMILES string of the molecule is CCc1cccc2c1N(Cc1ccccc1Cl)CC2(c1cc(C)c(O)c(C)c1)c1cc(C)c(O)c(C)c1. The minimum Gasteiger partial charge on any atom is -0.507 e. The number of aryl methyl sites for hydroxylation is 5. The van der Waals surface area contributed by atoms with Crippen LogP contribution in [0.25, 0.3) is 0 Å². The summed E-state index contributed by atoms with van der Waals surface area (Å²) in [4.78, 5) is 2.46. The molecule has 1 aliphatic heterocycles. The van der Waals surface area contributed by atoms with E-state index in [0.717, 1.165) is 56.9 Å². The molecule has 0 bridgehead atoms. The summed E-state index contributed by atoms with van der Waals surface area (Å²) in [6.07, 6.45) is 0.916. The highest BCUT2D eigenvalue weighted by Crippen LogP contribution is 2.53. The minimum absolute atomic E-state index is 0.338. The zero-order valence-electron chi connectivity index (χ0n) is 22.2. The van der Waals surface area contributed by atoms with Crippen molar-refractivity contribution < 1.29 is 10.2 Å². The molecule has 4 heteroatoms. The van der Waals surface area contributed by atoms with Crippen molar-refractivity contribution in [2.75, 3.05) is 11.4 Å². The number of hydrogen-bond donors (Lipinski definition) is 2. The molecule has 37 heavy (non-hydrogen) atoms. The van der Waals surface area contributed by atoms with Crippen molar-refractivity contribution in [2.24, 2.45) is 0 Å². The van der Waals surface area contributed by atoms with E-state index < -0.39 is 5.41 Å². The Bertz CT molecular complexity index is 1400. The summed E-state index contributed by atoms with van der Waals surface area (Å²) < 4.78 is 0. The summed E-state index contributed by atoms with van der Waals surface area (Å²) >= 11 is 6.64. The Labute approximate surface area is 225 Å². The number of anilines is 1. The van der Waals surface area contributed by atoms with E-state index in [4.69, 9.17) is 11.6 Å². The van der Waals surface area contributed by atoms with Crippen molar-refractivity contribution in [3.8, 4) is 11.5 Å². The normalized spacial score (nSPS) is 14.2. The lowest BCUT2D eigenvalue weighted by Crippen LogP contribution is -2.36. The van der Waals surface area contributed by atoms with Crippen LogP contribution in [0.5, 0.6) is 11.5 Å². The number of nitrogens with zero attached hydrogens (tertiary/aromatic N) is 1. The lowest BCUT2D eigenvalue weighted by molar-refractivity contribution is 0.465. The minimum atomic E-state index is -0.492. The zero-order valence-corrected chi connectivity index (χ0v) is 22.9. The highest BCUT2D eigenvalue weighted by atomic mass is 35.5. The van der Waals surface area contributed by atoms with Crippen LogP contribution in [0.2, 0.25) is 5.02 Å². The first-order valence-electron chi connectivity index (χ1n) is 12.9. The van der Waals surface area contributed by atoms with E-state index in [-0.39, 0.29) is 0 Å². The van der Waals surface area contributed by atoms with Gasteiger partial charge in [-0.25, -0.2) is 0 Å². The van der Waals surface area contributed by atoms with Crippen molar-refractivity contribution >= 4 is 17.3 Å². The van der Waals surface area contributed by atoms with Gasteiger partial charge in [0.05, 0.1) is 5.41 Å². The van der Waals surface area contributed by atoms with Crippen molar-refractivity contribution in [3.05, 3.63) is 122 Å². The van der Waals surface area contributed by atoms with Gasteiger partial charge in [0.25, 0.3) is 0 Å². The first-order valence-corrected chi connectivity index (χ1v) is 13.3. The van der Waals surface area contributed by atoms with E-state index in [1.54, 1.807) is 0 Å². The fraction of sp³-hybridized carbons (Fsp3) is 0.273. The maximum Gasteiger partial charge on any atom is 0.121 e. The molecule has 0 aromatic heterocycles. The maximum atomic E-state index is 10.6. The first kappa shape index (κ1) is 25.2. The highest BCUT2D eigenvalue weighted by Gasteiger charge is 2.47. The van der Waals surface area contributed by atoms with E-state index in [0.29, 0.717) is 18.0 Å². The number of phenolic OH excluding ortho intramolecular Hbond substituents is 2. The third-order valence-corrected chi connectivity index (χ3v) is 8.36. The number of hydrogen-bond acceptors (Lipinski definition) is 3. The predicted molar refractivity (Wildman–Crippen MR) is 153 cm³/mol. The molecule has 4 aromatic carbocycles. The number of para-hydroxylation sites is 1. The standard InChI is InChI=1S/C33H34ClNO2/c1-6-24-11-9-12-28-30(24)35(18-25-10-7-8-13-29(25)34)19-33(28,26-14-20(2)31(36)21(3)15-26)27-16-22(4)32(37)23(5)17-27/h7-17,36-37H,6,18-19H2,1-5H3. The summed E-state index contributed by atoms with van der Waals surface area (Å²) in [5.41, 5.74) is 10.1. The van der Waals surface area contributed by atoms with Crippen LogP contribution in [-0.2, 0) is 18.4 Å². The molecule has 0 radical (unpaired) electrons. The van der Waals surface area contributed by atoms with E-state index in [1.165, 1.54) is 16.8 Å². The number of phenols is 2. The van der Waals surface area contributed by atoms with Crippen molar-refractivity contribution in [2.45, 2.75) is 53.0 Å². The van der Waals surface area contributed by atoms with Crippen LogP contribution in [-0.4, -0.2) is 16.8 Å². The van der Waals surface area contributed by atoms with Gasteiger partial charge in [-0.3, -0.25) is 0 Å². The molecular formula is C33H34ClNO2. The van der Waals surface area contributed by atoms with Gasteiger partial charge in [-0.05, 0) is 90.3 Å². The second kappa shape index (κ2) is 9.46. The third-order valence-electron chi connectivity index (χ3n) is 7.99. The average Bonchev–Trinajstić information content (AvgIpc) is 3.22. The van der Waals surface area contributed by atoms with Crippen LogP contribution >= 0.6 is 11.6 Å². The van der Waals surface area contributed by atoms with Gasteiger partial charge in [-0.1, -0.05) is 79.2 Å². The molecule has 2 N–H and O–H groups in total. The number of fused-ring (bicyclic) bond motifs is 1. The Hall–Kier alpha value is -3.43. The van der Waals surface area contributed by atoms with Crippen LogP contribution in [0.4, 0.5) is 5.69 Å². The number of halogens is 1. The van der Waals surface area contributed by atoms with Gasteiger partial charge in [0, 0.05) is 23.8 Å². The van der Waals surface area contributed by atoms with E-state index in [1.807, 2.05) is 45.9 Å². The molecule has 1 heterocycles. The molecule has 0 fully saturated rings. The summed E-state index contributed by atoms with van der Waals surface area (Å²) in [6.45, 7) is 11.5. The molecule has 5 rings (SSSR count). The molecule has 3 nitrogen and oxygen atoms in total. The number of rotatable bonds is 5. The topological polar surface area (TPSA) is 43.7 Å². The fourth-order valence-electron chi connectivity index (χ4n) is 6.08. The van der Waals surface area contributed by atoms with Crippen molar-refractivity contribution in [1.82, 2.24) is 0 Å². The summed E-state index contributed by atoms with van der Waals surface area (Å²) in [5.74, 6) is 0.677. The Morgan fingerprint density at radius 1 is 0.757 bits per heavy atom. The second-order valence-electron chi connectivity index (χ2n) is 10.4. The molecule has 1 aliphatic rings. The van der Waals surface area contributed by atoms with Gasteiger partial charge in [0.1, 0.15) is 11.5 Å². The Morgan fingerprint density at radius 2 is 1.27 bits per heavy atom. The molecule has 0 atom stereocenters. The van der Waals surface area contributed by atoms with Crippen LogP contribution in [0.3, 0.4) is 0 Å². The number of benzene rings is 4. The highest BCUT2D eigenvalue weighted by molar-refractivity contribution is 6.31. The van der Waals surface area contributed by atoms with E-state index >= 15 is 0 Å². The zero-order chi connectivity index (χ0) is 26.5. The molecule has 4 aromatic rings. The number of aromatic hydroxyl groups is 2. The van der Waals surface area contributed by atoms with Gasteiger partial charge in [0.15, 0.2) is 0 Å². The maximum absolute atomic E-state index is 10.6. The average molecular weight is 512 g/mol. The Balaban J connectivity index is 1.84. The summed E-state index contributed by atoms with van der Waals surface area (Å²) in [6, 6.07) is 23.2. The lowest BCUT2D eigenvalue weighted by atomic mass is 9.69. The monoisotopic (exact) mass is 511 g/mol. The van der Waals surface area contributed by atoms with Crippen LogP contribution in [0.15, 0.2) is 66.7 Å².